The zero-order valence-electron chi connectivity index (χ0n) is 15.0. The summed E-state index contributed by atoms with van der Waals surface area (Å²) in [5.74, 6) is 0.951. The number of aromatic nitrogens is 4. The Hall–Kier alpha value is -3.33. The van der Waals surface area contributed by atoms with Crippen LogP contribution in [0.2, 0.25) is 0 Å². The van der Waals surface area contributed by atoms with E-state index in [9.17, 15) is 8.42 Å². The van der Waals surface area contributed by atoms with Crippen LogP contribution in [-0.4, -0.2) is 34.8 Å². The van der Waals surface area contributed by atoms with Crippen LogP contribution in [0.25, 0.3) is 22.8 Å². The van der Waals surface area contributed by atoms with E-state index in [2.05, 4.69) is 20.1 Å². The first-order valence-electron chi connectivity index (χ1n) is 8.52. The van der Waals surface area contributed by atoms with Gasteiger partial charge in [-0.1, -0.05) is 41.6 Å². The lowest BCUT2D eigenvalue weighted by atomic mass is 10.0. The number of sulfone groups is 1. The van der Waals surface area contributed by atoms with Crippen LogP contribution in [0.15, 0.2) is 64.2 Å². The van der Waals surface area contributed by atoms with Crippen molar-refractivity contribution in [2.75, 3.05) is 12.0 Å². The number of benzene rings is 1. The highest BCUT2D eigenvalue weighted by Gasteiger charge is 2.20. The molecule has 8 nitrogen and oxygen atoms in total. The van der Waals surface area contributed by atoms with Crippen molar-refractivity contribution >= 4 is 15.7 Å². The molecule has 2 heterocycles. The second-order valence-corrected chi connectivity index (χ2v) is 8.41. The number of nitrogens with two attached hydrogens (primary N) is 1. The van der Waals surface area contributed by atoms with Gasteiger partial charge in [0.25, 0.3) is 0 Å². The molecule has 142 valence electrons. The largest absolute Gasteiger partial charge is 0.382 e. The average molecular weight is 395 g/mol. The molecule has 0 saturated carbocycles. The van der Waals surface area contributed by atoms with E-state index in [0.29, 0.717) is 22.8 Å². The Balaban J connectivity index is 1.67. The predicted octanol–water partition coefficient (Wildman–Crippen LogP) is 2.78. The van der Waals surface area contributed by atoms with Crippen LogP contribution >= 0.6 is 0 Å². The van der Waals surface area contributed by atoms with Gasteiger partial charge in [-0.2, -0.15) is 4.98 Å². The number of anilines is 1. The Bertz CT molecular complexity index is 1180. The number of hydrogen-bond acceptors (Lipinski definition) is 8. The quantitative estimate of drug-likeness (QED) is 0.715. The van der Waals surface area contributed by atoms with Gasteiger partial charge >= 0.3 is 0 Å². The molecule has 1 aromatic carbocycles. The first-order valence-corrected chi connectivity index (χ1v) is 10.4. The fraction of sp³-hybridized carbons (Fsp3) is 0.158. The highest BCUT2D eigenvalue weighted by molar-refractivity contribution is 7.90. The number of nitrogen functional groups attached to an aromatic ring is 1. The molecule has 9 heteroatoms. The van der Waals surface area contributed by atoms with E-state index in [1.165, 1.54) is 18.3 Å². The van der Waals surface area contributed by atoms with Crippen molar-refractivity contribution in [3.63, 3.8) is 0 Å². The van der Waals surface area contributed by atoms with E-state index in [4.69, 9.17) is 10.3 Å². The van der Waals surface area contributed by atoms with Gasteiger partial charge in [-0.05, 0) is 18.6 Å². The van der Waals surface area contributed by atoms with Crippen LogP contribution in [0.4, 0.5) is 5.82 Å². The van der Waals surface area contributed by atoms with Crippen LogP contribution in [0, 0.1) is 0 Å². The summed E-state index contributed by atoms with van der Waals surface area (Å²) in [5.41, 5.74) is 7.51. The fourth-order valence-electron chi connectivity index (χ4n) is 2.82. The van der Waals surface area contributed by atoms with Gasteiger partial charge in [0.15, 0.2) is 21.3 Å². The molecule has 0 bridgehead atoms. The van der Waals surface area contributed by atoms with E-state index in [1.54, 1.807) is 12.1 Å². The van der Waals surface area contributed by atoms with Gasteiger partial charge in [0, 0.05) is 11.8 Å². The zero-order valence-corrected chi connectivity index (χ0v) is 15.8. The molecule has 28 heavy (non-hydrogen) atoms. The summed E-state index contributed by atoms with van der Waals surface area (Å²) in [5, 5.41) is 4.00. The highest BCUT2D eigenvalue weighted by atomic mass is 32.2. The van der Waals surface area contributed by atoms with Crippen molar-refractivity contribution < 1.29 is 12.9 Å². The normalized spacial score (nSPS) is 16.4. The van der Waals surface area contributed by atoms with Gasteiger partial charge in [0.2, 0.25) is 11.7 Å². The molecular weight excluding hydrogens is 378 g/mol. The van der Waals surface area contributed by atoms with Crippen molar-refractivity contribution in [1.29, 1.82) is 0 Å². The predicted molar refractivity (Wildman–Crippen MR) is 104 cm³/mol. The van der Waals surface area contributed by atoms with E-state index in [-0.39, 0.29) is 22.5 Å². The molecule has 1 aliphatic carbocycles. The van der Waals surface area contributed by atoms with Crippen LogP contribution in [-0.2, 0) is 9.84 Å². The fourth-order valence-corrected chi connectivity index (χ4v) is 3.45. The Morgan fingerprint density at radius 1 is 1.14 bits per heavy atom. The molecule has 0 radical (unpaired) electrons. The summed E-state index contributed by atoms with van der Waals surface area (Å²) >= 11 is 0. The lowest BCUT2D eigenvalue weighted by Crippen LogP contribution is -2.01. The second kappa shape index (κ2) is 7.01. The molecule has 0 fully saturated rings. The molecule has 0 aliphatic heterocycles. The molecule has 3 aromatic rings. The van der Waals surface area contributed by atoms with Gasteiger partial charge in [0.1, 0.15) is 0 Å². The Morgan fingerprint density at radius 3 is 2.61 bits per heavy atom. The Morgan fingerprint density at radius 2 is 1.93 bits per heavy atom. The average Bonchev–Trinajstić information content (AvgIpc) is 3.18. The standard InChI is InChI=1S/C19H17N5O3S/c1-28(25,26)14-9-7-12(8-10-14)15-11-21-17(20)16(22-15)18-23-19(27-24-18)13-5-3-2-4-6-13/h2-5,7-11,13H,6H2,1H3,(H2,20,21). The third kappa shape index (κ3) is 3.56. The van der Waals surface area contributed by atoms with Crippen molar-refractivity contribution in [2.45, 2.75) is 17.2 Å². The molecule has 2 aromatic heterocycles. The van der Waals surface area contributed by atoms with E-state index < -0.39 is 9.84 Å². The lowest BCUT2D eigenvalue weighted by Gasteiger charge is -2.06. The van der Waals surface area contributed by atoms with E-state index >= 15 is 0 Å². The van der Waals surface area contributed by atoms with Crippen LogP contribution in [0.1, 0.15) is 18.2 Å². The molecule has 1 unspecified atom stereocenters. The van der Waals surface area contributed by atoms with E-state index in [0.717, 1.165) is 12.7 Å². The minimum Gasteiger partial charge on any atom is -0.382 e. The summed E-state index contributed by atoms with van der Waals surface area (Å²) in [6.07, 6.45) is 11.4. The highest BCUT2D eigenvalue weighted by Crippen LogP contribution is 2.28. The van der Waals surface area contributed by atoms with Crippen LogP contribution < -0.4 is 5.73 Å². The second-order valence-electron chi connectivity index (χ2n) is 6.40. The molecule has 1 atom stereocenters. The third-order valence-electron chi connectivity index (χ3n) is 4.33. The van der Waals surface area contributed by atoms with Crippen molar-refractivity contribution in [2.24, 2.45) is 0 Å². The van der Waals surface area contributed by atoms with Gasteiger partial charge < -0.3 is 10.3 Å². The molecule has 0 amide bonds. The summed E-state index contributed by atoms with van der Waals surface area (Å²) in [4.78, 5) is 13.3. The smallest absolute Gasteiger partial charge is 0.234 e. The maximum atomic E-state index is 11.6. The van der Waals surface area contributed by atoms with E-state index in [1.807, 2.05) is 24.3 Å². The van der Waals surface area contributed by atoms with Crippen LogP contribution in [0.5, 0.6) is 0 Å². The number of hydrogen-bond donors (Lipinski definition) is 1. The molecule has 1 aliphatic rings. The summed E-state index contributed by atoms with van der Waals surface area (Å²) in [6.45, 7) is 0. The monoisotopic (exact) mass is 395 g/mol. The maximum absolute atomic E-state index is 11.6. The first-order chi connectivity index (χ1) is 13.4. The maximum Gasteiger partial charge on any atom is 0.234 e. The molecule has 4 rings (SSSR count). The van der Waals surface area contributed by atoms with Gasteiger partial charge in [-0.3, -0.25) is 0 Å². The first kappa shape index (κ1) is 18.1. The van der Waals surface area contributed by atoms with Crippen molar-refractivity contribution in [3.05, 3.63) is 60.7 Å². The topological polar surface area (TPSA) is 125 Å². The minimum atomic E-state index is -3.27. The number of rotatable bonds is 4. The van der Waals surface area contributed by atoms with Gasteiger partial charge in [-0.15, -0.1) is 0 Å². The lowest BCUT2D eigenvalue weighted by molar-refractivity contribution is 0.368. The molecular formula is C19H17N5O3S. The number of allylic oxidation sites excluding steroid dienone is 4. The van der Waals surface area contributed by atoms with Crippen LogP contribution in [0.3, 0.4) is 0 Å². The van der Waals surface area contributed by atoms with Gasteiger partial charge in [0.05, 0.1) is 22.7 Å². The Kier molecular flexibility index (Phi) is 4.52. The van der Waals surface area contributed by atoms with Gasteiger partial charge in [-0.25, -0.2) is 18.4 Å². The third-order valence-corrected chi connectivity index (χ3v) is 5.46. The van der Waals surface area contributed by atoms with Crippen molar-refractivity contribution in [3.8, 4) is 22.8 Å². The SMILES string of the molecule is CS(=O)(=O)c1ccc(-c2cnc(N)c(-c3noc(C4C=CC=CC4)n3)n2)cc1. The summed E-state index contributed by atoms with van der Waals surface area (Å²) < 4.78 is 28.6. The van der Waals surface area contributed by atoms with Crippen molar-refractivity contribution in [1.82, 2.24) is 20.1 Å². The molecule has 0 spiro atoms. The molecule has 2 N–H and O–H groups in total. The summed E-state index contributed by atoms with van der Waals surface area (Å²) in [6, 6.07) is 6.39. The zero-order chi connectivity index (χ0) is 19.7. The minimum absolute atomic E-state index is 0.0205. The molecule has 0 saturated heterocycles. The summed E-state index contributed by atoms with van der Waals surface area (Å²) in [7, 11) is -3.27. The Labute approximate surface area is 161 Å². The number of nitrogens with zero attached hydrogens (tertiary/aromatic N) is 4.